The highest BCUT2D eigenvalue weighted by atomic mass is 16.6. The molecule has 8 nitrogen and oxygen atoms in total. The maximum Gasteiger partial charge on any atom is 0.161 e. The van der Waals surface area contributed by atoms with Crippen LogP contribution in [0.3, 0.4) is 0 Å². The second-order valence-electron chi connectivity index (χ2n) is 10.3. The molecule has 214 valence electrons. The highest BCUT2D eigenvalue weighted by Crippen LogP contribution is 2.46. The zero-order valence-electron chi connectivity index (χ0n) is 24.1. The zero-order chi connectivity index (χ0) is 29.1. The molecule has 0 radical (unpaired) electrons. The van der Waals surface area contributed by atoms with Gasteiger partial charge < -0.3 is 33.7 Å². The number of para-hydroxylation sites is 1. The number of hydrogen-bond acceptors (Lipinski definition) is 7. The summed E-state index contributed by atoms with van der Waals surface area (Å²) in [5, 5.41) is 5.69. The lowest BCUT2D eigenvalue weighted by atomic mass is 10.1. The van der Waals surface area contributed by atoms with E-state index in [-0.39, 0.29) is 0 Å². The topological polar surface area (TPSA) is 77.5 Å². The van der Waals surface area contributed by atoms with Crippen molar-refractivity contribution in [1.82, 2.24) is 9.88 Å². The molecule has 0 amide bonds. The van der Waals surface area contributed by atoms with Gasteiger partial charge in [0.25, 0.3) is 0 Å². The van der Waals surface area contributed by atoms with Crippen LogP contribution in [0.4, 0.5) is 0 Å². The molecule has 0 spiro atoms. The van der Waals surface area contributed by atoms with Crippen LogP contribution < -0.4 is 18.9 Å². The molecule has 8 heteroatoms. The van der Waals surface area contributed by atoms with E-state index in [1.165, 1.54) is 0 Å². The Balaban J connectivity index is 1.30. The minimum Gasteiger partial charge on any atom is -0.493 e. The Morgan fingerprint density at radius 2 is 1.45 bits per heavy atom. The van der Waals surface area contributed by atoms with E-state index in [1.54, 1.807) is 14.2 Å². The van der Waals surface area contributed by atoms with Gasteiger partial charge in [-0.25, -0.2) is 0 Å². The summed E-state index contributed by atoms with van der Waals surface area (Å²) in [7, 11) is 7.32. The lowest BCUT2D eigenvalue weighted by Crippen LogP contribution is -2.19. The number of nitrogens with zero attached hydrogens (tertiary/aromatic N) is 2. The summed E-state index contributed by atoms with van der Waals surface area (Å²) in [6, 6.07) is 27.5. The fourth-order valence-electron chi connectivity index (χ4n) is 5.02. The largest absolute Gasteiger partial charge is 0.493 e. The van der Waals surface area contributed by atoms with Crippen molar-refractivity contribution in [1.29, 1.82) is 0 Å². The van der Waals surface area contributed by atoms with Crippen molar-refractivity contribution in [2.75, 3.05) is 41.5 Å². The number of rotatable bonds is 11. The number of hydrogen-bond donors (Lipinski definition) is 1. The Bertz CT molecular complexity index is 1730. The van der Waals surface area contributed by atoms with Crippen molar-refractivity contribution in [3.63, 3.8) is 0 Å². The number of H-pyrrole nitrogens is 1. The molecule has 1 aromatic heterocycles. The Morgan fingerprint density at radius 3 is 2.17 bits per heavy atom. The lowest BCUT2D eigenvalue weighted by molar-refractivity contribution is 0.131. The molecule has 0 bridgehead atoms. The number of methoxy groups -OCH3 is 2. The van der Waals surface area contributed by atoms with Crippen molar-refractivity contribution >= 4 is 16.6 Å². The highest BCUT2D eigenvalue weighted by molar-refractivity contribution is 6.30. The van der Waals surface area contributed by atoms with Gasteiger partial charge in [0.05, 0.1) is 19.9 Å². The van der Waals surface area contributed by atoms with Gasteiger partial charge in [-0.1, -0.05) is 35.5 Å². The summed E-state index contributed by atoms with van der Waals surface area (Å²) >= 11 is 0. The summed E-state index contributed by atoms with van der Waals surface area (Å²) in [6.07, 6.45) is 0. The average molecular weight is 564 g/mol. The second-order valence-corrected chi connectivity index (χ2v) is 10.3. The summed E-state index contributed by atoms with van der Waals surface area (Å²) in [6.45, 7) is 1.72. The van der Waals surface area contributed by atoms with E-state index in [0.717, 1.165) is 68.4 Å². The Labute approximate surface area is 245 Å². The SMILES string of the molecule is COc1cc2c(cc1OC)-c1[nH]c3ccc(OCCN(C)C)cc3c1/C2=N\OCc1ccc(Oc2ccccc2)cc1. The third kappa shape index (κ3) is 5.49. The van der Waals surface area contributed by atoms with Crippen LogP contribution in [0, 0.1) is 0 Å². The van der Waals surface area contributed by atoms with E-state index in [2.05, 4.69) is 21.1 Å². The minimum atomic E-state index is 0.300. The molecule has 1 aliphatic carbocycles. The van der Waals surface area contributed by atoms with Crippen LogP contribution >= 0.6 is 0 Å². The van der Waals surface area contributed by atoms with Gasteiger partial charge in [0.15, 0.2) is 11.5 Å². The van der Waals surface area contributed by atoms with Gasteiger partial charge in [-0.15, -0.1) is 0 Å². The van der Waals surface area contributed by atoms with E-state index < -0.39 is 0 Å². The van der Waals surface area contributed by atoms with Gasteiger partial charge in [0.1, 0.15) is 36.2 Å². The molecule has 0 unspecified atom stereocenters. The van der Waals surface area contributed by atoms with Crippen LogP contribution in [0.5, 0.6) is 28.7 Å². The molecular weight excluding hydrogens is 530 g/mol. The van der Waals surface area contributed by atoms with Crippen LogP contribution in [0.1, 0.15) is 16.7 Å². The molecule has 6 rings (SSSR count). The Morgan fingerprint density at radius 1 is 0.762 bits per heavy atom. The van der Waals surface area contributed by atoms with Gasteiger partial charge >= 0.3 is 0 Å². The van der Waals surface area contributed by atoms with Crippen LogP contribution in [-0.2, 0) is 11.4 Å². The number of aromatic amines is 1. The van der Waals surface area contributed by atoms with E-state index in [1.807, 2.05) is 93.0 Å². The van der Waals surface area contributed by atoms with Crippen LogP contribution in [0.2, 0.25) is 0 Å². The minimum absolute atomic E-state index is 0.300. The fourth-order valence-corrected chi connectivity index (χ4v) is 5.02. The standard InChI is InChI=1S/C34H33N3O5/c1-37(2)16-17-40-25-14-15-29-28(18-25)32-33(35-29)26-19-30(38-3)31(39-4)20-27(26)34(32)36-41-21-22-10-12-24(13-11-22)42-23-8-6-5-7-9-23/h5-15,18-20,35H,16-17,21H2,1-4H3/b36-34-. The molecule has 0 fully saturated rings. The van der Waals surface area contributed by atoms with Crippen LogP contribution in [0.15, 0.2) is 90.1 Å². The molecule has 1 aliphatic rings. The first-order valence-electron chi connectivity index (χ1n) is 13.8. The van der Waals surface area contributed by atoms with E-state index in [9.17, 15) is 0 Å². The van der Waals surface area contributed by atoms with Gasteiger partial charge in [0.2, 0.25) is 0 Å². The number of nitrogens with one attached hydrogen (secondary N) is 1. The zero-order valence-corrected chi connectivity index (χ0v) is 24.1. The molecule has 0 saturated heterocycles. The molecular formula is C34H33N3O5. The molecule has 0 aliphatic heterocycles. The molecule has 1 N–H and O–H groups in total. The summed E-state index contributed by atoms with van der Waals surface area (Å²) < 4.78 is 23.2. The van der Waals surface area contributed by atoms with Gasteiger partial charge in [-0.3, -0.25) is 0 Å². The summed E-state index contributed by atoms with van der Waals surface area (Å²) in [5.74, 6) is 3.62. The molecule has 1 heterocycles. The van der Waals surface area contributed by atoms with Crippen molar-refractivity contribution in [2.45, 2.75) is 6.61 Å². The maximum atomic E-state index is 6.05. The van der Waals surface area contributed by atoms with Crippen molar-refractivity contribution < 1.29 is 23.8 Å². The molecule has 0 saturated carbocycles. The number of likely N-dealkylation sites (N-methyl/N-ethyl adjacent to an activating group) is 1. The number of fused-ring (bicyclic) bond motifs is 5. The predicted octanol–water partition coefficient (Wildman–Crippen LogP) is 6.87. The van der Waals surface area contributed by atoms with Crippen LogP contribution in [-0.4, -0.2) is 57.1 Å². The van der Waals surface area contributed by atoms with Crippen molar-refractivity contribution in [3.8, 4) is 40.0 Å². The number of oxime groups is 1. The molecule has 0 atom stereocenters. The first-order valence-corrected chi connectivity index (χ1v) is 13.8. The fraction of sp³-hybridized carbons (Fsp3) is 0.206. The third-order valence-corrected chi connectivity index (χ3v) is 7.15. The highest BCUT2D eigenvalue weighted by Gasteiger charge is 2.32. The van der Waals surface area contributed by atoms with Gasteiger partial charge in [-0.2, -0.15) is 0 Å². The lowest BCUT2D eigenvalue weighted by Gasteiger charge is -2.12. The average Bonchev–Trinajstić information content (AvgIpc) is 3.52. The predicted molar refractivity (Wildman–Crippen MR) is 164 cm³/mol. The van der Waals surface area contributed by atoms with Gasteiger partial charge in [-0.05, 0) is 74.3 Å². The van der Waals surface area contributed by atoms with E-state index in [4.69, 9.17) is 23.8 Å². The normalized spacial score (nSPS) is 12.8. The number of benzene rings is 4. The monoisotopic (exact) mass is 563 g/mol. The smallest absolute Gasteiger partial charge is 0.161 e. The first-order chi connectivity index (χ1) is 20.5. The number of aromatic nitrogens is 1. The van der Waals surface area contributed by atoms with E-state index >= 15 is 0 Å². The number of ether oxygens (including phenoxy) is 4. The molecule has 4 aromatic carbocycles. The maximum absolute atomic E-state index is 6.05. The van der Waals surface area contributed by atoms with Crippen LogP contribution in [0.25, 0.3) is 22.2 Å². The third-order valence-electron chi connectivity index (χ3n) is 7.15. The Kier molecular flexibility index (Phi) is 7.70. The molecule has 5 aromatic rings. The summed E-state index contributed by atoms with van der Waals surface area (Å²) in [5.41, 5.74) is 6.47. The van der Waals surface area contributed by atoms with Crippen molar-refractivity contribution in [3.05, 3.63) is 102 Å². The quantitative estimate of drug-likeness (QED) is 0.173. The second kappa shape index (κ2) is 11.9. The van der Waals surface area contributed by atoms with Crippen molar-refractivity contribution in [2.24, 2.45) is 5.16 Å². The Hall–Kier alpha value is -4.95. The summed E-state index contributed by atoms with van der Waals surface area (Å²) in [4.78, 5) is 11.6. The van der Waals surface area contributed by atoms with E-state index in [0.29, 0.717) is 24.7 Å². The van der Waals surface area contributed by atoms with Gasteiger partial charge in [0, 0.05) is 34.1 Å². The first kappa shape index (κ1) is 27.2. The molecule has 42 heavy (non-hydrogen) atoms.